The van der Waals surface area contributed by atoms with Crippen LogP contribution < -0.4 is 4.90 Å². The van der Waals surface area contributed by atoms with Crippen molar-refractivity contribution in [3.63, 3.8) is 0 Å². The fraction of sp³-hybridized carbons (Fsp3) is 0.364. The molecule has 0 aromatic heterocycles. The fourth-order valence-electron chi connectivity index (χ4n) is 1.91. The smallest absolute Gasteiger partial charge is 0.223 e. The number of fused-ring (bicyclic) bond motifs is 1. The molecule has 0 fully saturated rings. The number of benzene rings is 1. The number of anilines is 1. The minimum atomic E-state index is 0.0663. The zero-order valence-corrected chi connectivity index (χ0v) is 8.16. The minimum Gasteiger partial charge on any atom is -0.508 e. The number of carbonyl (C=O) groups excluding carboxylic acids is 1. The number of rotatable bonds is 0. The topological polar surface area (TPSA) is 40.5 Å². The van der Waals surface area contributed by atoms with E-state index < -0.39 is 0 Å². The van der Waals surface area contributed by atoms with Crippen LogP contribution in [0, 0.1) is 0 Å². The first-order valence-electron chi connectivity index (χ1n) is 4.78. The van der Waals surface area contributed by atoms with Gasteiger partial charge in [0.15, 0.2) is 0 Å². The predicted octanol–water partition coefficient (Wildman–Crippen LogP) is 1.69. The number of hydrogen-bond acceptors (Lipinski definition) is 2. The van der Waals surface area contributed by atoms with Gasteiger partial charge in [-0.2, -0.15) is 0 Å². The van der Waals surface area contributed by atoms with Gasteiger partial charge in [0.2, 0.25) is 5.91 Å². The molecular weight excluding hydrogens is 178 g/mol. The monoisotopic (exact) mass is 191 g/mol. The van der Waals surface area contributed by atoms with Crippen LogP contribution in [0.1, 0.15) is 18.9 Å². The van der Waals surface area contributed by atoms with E-state index in [-0.39, 0.29) is 11.7 Å². The first-order chi connectivity index (χ1) is 6.68. The maximum absolute atomic E-state index is 11.3. The van der Waals surface area contributed by atoms with Gasteiger partial charge in [-0.3, -0.25) is 4.79 Å². The van der Waals surface area contributed by atoms with Gasteiger partial charge in [0.1, 0.15) is 5.75 Å². The lowest BCUT2D eigenvalue weighted by atomic mass is 10.0. The molecule has 0 spiro atoms. The average molecular weight is 191 g/mol. The van der Waals surface area contributed by atoms with Crippen LogP contribution in [0.25, 0.3) is 0 Å². The molecule has 1 N–H and O–H groups in total. The number of phenolic OH excluding ortho intramolecular Hbond substituents is 1. The molecule has 2 rings (SSSR count). The summed E-state index contributed by atoms with van der Waals surface area (Å²) in [7, 11) is 0. The molecule has 0 bridgehead atoms. The number of nitrogens with zero attached hydrogens (tertiary/aromatic N) is 1. The maximum atomic E-state index is 11.3. The van der Waals surface area contributed by atoms with Crippen molar-refractivity contribution in [1.29, 1.82) is 0 Å². The fourth-order valence-corrected chi connectivity index (χ4v) is 1.91. The molecule has 14 heavy (non-hydrogen) atoms. The van der Waals surface area contributed by atoms with Crippen LogP contribution in [0.3, 0.4) is 0 Å². The van der Waals surface area contributed by atoms with Crippen LogP contribution >= 0.6 is 0 Å². The molecule has 3 nitrogen and oxygen atoms in total. The van der Waals surface area contributed by atoms with Gasteiger partial charge in [0.05, 0.1) is 0 Å². The summed E-state index contributed by atoms with van der Waals surface area (Å²) in [5.74, 6) is 0.339. The molecule has 0 atom stereocenters. The molecule has 0 radical (unpaired) electrons. The largest absolute Gasteiger partial charge is 0.508 e. The standard InChI is InChI=1S/C11H13NO2/c1-8(13)12-6-2-3-9-7-10(14)4-5-11(9)12/h4-5,7,14H,2-3,6H2,1H3. The van der Waals surface area contributed by atoms with Crippen molar-refractivity contribution in [1.82, 2.24) is 0 Å². The molecule has 0 saturated heterocycles. The quantitative estimate of drug-likeness (QED) is 0.678. The van der Waals surface area contributed by atoms with Gasteiger partial charge in [-0.1, -0.05) is 0 Å². The van der Waals surface area contributed by atoms with Crippen LogP contribution in [0.5, 0.6) is 5.75 Å². The van der Waals surface area contributed by atoms with E-state index in [1.54, 1.807) is 24.0 Å². The van der Waals surface area contributed by atoms with Crippen molar-refractivity contribution in [2.24, 2.45) is 0 Å². The minimum absolute atomic E-state index is 0.0663. The van der Waals surface area contributed by atoms with Crippen LogP contribution in [0.15, 0.2) is 18.2 Å². The summed E-state index contributed by atoms with van der Waals surface area (Å²) < 4.78 is 0. The normalized spacial score (nSPS) is 15.1. The third-order valence-electron chi connectivity index (χ3n) is 2.56. The van der Waals surface area contributed by atoms with Crippen molar-refractivity contribution in [3.05, 3.63) is 23.8 Å². The Morgan fingerprint density at radius 3 is 3.00 bits per heavy atom. The van der Waals surface area contributed by atoms with Gasteiger partial charge in [-0.05, 0) is 36.6 Å². The highest BCUT2D eigenvalue weighted by atomic mass is 16.3. The van der Waals surface area contributed by atoms with Gasteiger partial charge in [0, 0.05) is 19.2 Å². The molecule has 1 aromatic rings. The molecule has 74 valence electrons. The highest BCUT2D eigenvalue weighted by Gasteiger charge is 2.19. The molecular formula is C11H13NO2. The van der Waals surface area contributed by atoms with E-state index in [4.69, 9.17) is 0 Å². The molecule has 1 aliphatic rings. The van der Waals surface area contributed by atoms with Gasteiger partial charge in [0.25, 0.3) is 0 Å². The van der Waals surface area contributed by atoms with Crippen LogP contribution in [0.4, 0.5) is 5.69 Å². The molecule has 0 unspecified atom stereocenters. The number of amides is 1. The molecule has 1 heterocycles. The Morgan fingerprint density at radius 1 is 1.50 bits per heavy atom. The maximum Gasteiger partial charge on any atom is 0.223 e. The number of hydrogen-bond donors (Lipinski definition) is 1. The zero-order valence-electron chi connectivity index (χ0n) is 8.16. The number of carbonyl (C=O) groups is 1. The second-order valence-corrected chi connectivity index (χ2v) is 3.59. The van der Waals surface area contributed by atoms with Gasteiger partial charge >= 0.3 is 0 Å². The predicted molar refractivity (Wildman–Crippen MR) is 54.5 cm³/mol. The SMILES string of the molecule is CC(=O)N1CCCc2cc(O)ccc21. The van der Waals surface area contributed by atoms with E-state index in [1.165, 1.54) is 0 Å². The number of aryl methyl sites for hydroxylation is 1. The second-order valence-electron chi connectivity index (χ2n) is 3.59. The Hall–Kier alpha value is -1.51. The summed E-state index contributed by atoms with van der Waals surface area (Å²) >= 11 is 0. The Morgan fingerprint density at radius 2 is 2.29 bits per heavy atom. The Bertz CT molecular complexity index is 374. The lowest BCUT2D eigenvalue weighted by Crippen LogP contribution is -2.33. The van der Waals surface area contributed by atoms with Crippen molar-refractivity contribution in [2.45, 2.75) is 19.8 Å². The van der Waals surface area contributed by atoms with Crippen LogP contribution in [-0.2, 0) is 11.2 Å². The molecule has 1 aliphatic heterocycles. The van der Waals surface area contributed by atoms with Crippen molar-refractivity contribution in [3.8, 4) is 5.75 Å². The van der Waals surface area contributed by atoms with E-state index in [0.717, 1.165) is 30.6 Å². The highest BCUT2D eigenvalue weighted by molar-refractivity contribution is 5.92. The Kier molecular flexibility index (Phi) is 2.15. The van der Waals surface area contributed by atoms with Crippen molar-refractivity contribution < 1.29 is 9.90 Å². The van der Waals surface area contributed by atoms with E-state index in [2.05, 4.69) is 0 Å². The average Bonchev–Trinajstić information content (AvgIpc) is 2.16. The molecule has 0 saturated carbocycles. The van der Waals surface area contributed by atoms with E-state index >= 15 is 0 Å². The Balaban J connectivity index is 2.44. The van der Waals surface area contributed by atoms with E-state index in [9.17, 15) is 9.90 Å². The first-order valence-corrected chi connectivity index (χ1v) is 4.78. The highest BCUT2D eigenvalue weighted by Crippen LogP contribution is 2.29. The lowest BCUT2D eigenvalue weighted by molar-refractivity contribution is -0.116. The lowest BCUT2D eigenvalue weighted by Gasteiger charge is -2.28. The summed E-state index contributed by atoms with van der Waals surface area (Å²) in [6.45, 7) is 2.36. The van der Waals surface area contributed by atoms with Crippen molar-refractivity contribution in [2.75, 3.05) is 11.4 Å². The zero-order chi connectivity index (χ0) is 10.1. The molecule has 3 heteroatoms. The van der Waals surface area contributed by atoms with Gasteiger partial charge < -0.3 is 10.0 Å². The first kappa shape index (κ1) is 9.06. The van der Waals surface area contributed by atoms with Crippen LogP contribution in [-0.4, -0.2) is 17.6 Å². The third kappa shape index (κ3) is 1.45. The summed E-state index contributed by atoms with van der Waals surface area (Å²) in [6, 6.07) is 5.18. The van der Waals surface area contributed by atoms with Gasteiger partial charge in [-0.15, -0.1) is 0 Å². The molecule has 1 amide bonds. The number of aromatic hydroxyl groups is 1. The summed E-state index contributed by atoms with van der Waals surface area (Å²) in [5.41, 5.74) is 2.01. The molecule has 1 aromatic carbocycles. The van der Waals surface area contributed by atoms with E-state index in [1.807, 2.05) is 6.07 Å². The summed E-state index contributed by atoms with van der Waals surface area (Å²) in [6.07, 6.45) is 1.91. The summed E-state index contributed by atoms with van der Waals surface area (Å²) in [5, 5.41) is 9.31. The van der Waals surface area contributed by atoms with E-state index in [0.29, 0.717) is 0 Å². The molecule has 0 aliphatic carbocycles. The van der Waals surface area contributed by atoms with Crippen molar-refractivity contribution >= 4 is 11.6 Å². The van der Waals surface area contributed by atoms with Gasteiger partial charge in [-0.25, -0.2) is 0 Å². The Labute approximate surface area is 83.0 Å². The second kappa shape index (κ2) is 3.33. The van der Waals surface area contributed by atoms with Crippen LogP contribution in [0.2, 0.25) is 0 Å². The number of phenols is 1. The summed E-state index contributed by atoms with van der Waals surface area (Å²) in [4.78, 5) is 13.1. The third-order valence-corrected chi connectivity index (χ3v) is 2.56.